The first-order chi connectivity index (χ1) is 9.85. The predicted molar refractivity (Wildman–Crippen MR) is 80.2 cm³/mol. The van der Waals surface area contributed by atoms with Crippen LogP contribution in [0.1, 0.15) is 24.5 Å². The minimum absolute atomic E-state index is 0.0256. The van der Waals surface area contributed by atoms with Gasteiger partial charge in [-0.1, -0.05) is 6.92 Å². The van der Waals surface area contributed by atoms with Crippen molar-refractivity contribution in [2.75, 3.05) is 20.8 Å². The molecule has 7 heteroatoms. The molecule has 1 unspecified atom stereocenters. The molecule has 1 aromatic carbocycles. The molecule has 0 bridgehead atoms. The van der Waals surface area contributed by atoms with Crippen LogP contribution in [0.15, 0.2) is 17.0 Å². The van der Waals surface area contributed by atoms with Gasteiger partial charge in [-0.3, -0.25) is 0 Å². The molecule has 0 amide bonds. The maximum absolute atomic E-state index is 13.9. The summed E-state index contributed by atoms with van der Waals surface area (Å²) in [4.78, 5) is -0.0256. The third-order valence-corrected chi connectivity index (χ3v) is 4.86. The maximum atomic E-state index is 13.9. The Balaban J connectivity index is 3.17. The molecule has 0 aromatic heterocycles. The number of hydrogen-bond donors (Lipinski definition) is 2. The van der Waals surface area contributed by atoms with E-state index < -0.39 is 15.8 Å². The van der Waals surface area contributed by atoms with Crippen molar-refractivity contribution < 1.29 is 17.5 Å². The Kier molecular flexibility index (Phi) is 6.73. The fourth-order valence-corrected chi connectivity index (χ4v) is 3.62. The van der Waals surface area contributed by atoms with Crippen molar-refractivity contribution in [2.45, 2.75) is 37.8 Å². The predicted octanol–water partition coefficient (Wildman–Crippen LogP) is 1.56. The van der Waals surface area contributed by atoms with E-state index in [0.29, 0.717) is 18.5 Å². The topological polar surface area (TPSA) is 67.4 Å². The van der Waals surface area contributed by atoms with Gasteiger partial charge < -0.3 is 10.1 Å². The molecule has 0 heterocycles. The number of hydrogen-bond acceptors (Lipinski definition) is 4. The van der Waals surface area contributed by atoms with E-state index in [2.05, 4.69) is 10.0 Å². The molecule has 0 radical (unpaired) electrons. The minimum atomic E-state index is -3.79. The Hall–Kier alpha value is -1.02. The first-order valence-electron chi connectivity index (χ1n) is 6.80. The molecular formula is C14H23FN2O3S. The Morgan fingerprint density at radius 1 is 1.38 bits per heavy atom. The highest BCUT2D eigenvalue weighted by atomic mass is 32.2. The van der Waals surface area contributed by atoms with Gasteiger partial charge in [-0.15, -0.1) is 0 Å². The van der Waals surface area contributed by atoms with Gasteiger partial charge in [0.15, 0.2) is 0 Å². The summed E-state index contributed by atoms with van der Waals surface area (Å²) < 4.78 is 46.4. The fraction of sp³-hybridized carbons (Fsp3) is 0.571. The molecule has 120 valence electrons. The van der Waals surface area contributed by atoms with Crippen LogP contribution in [0.25, 0.3) is 0 Å². The van der Waals surface area contributed by atoms with Gasteiger partial charge in [0, 0.05) is 25.3 Å². The van der Waals surface area contributed by atoms with Crippen molar-refractivity contribution in [1.29, 1.82) is 0 Å². The molecule has 1 atom stereocenters. The van der Waals surface area contributed by atoms with Crippen LogP contribution in [0.4, 0.5) is 4.39 Å². The number of benzene rings is 1. The SMILES string of the molecule is CCC(COC)NS(=O)(=O)c1cc(CNC)cc(F)c1C. The van der Waals surface area contributed by atoms with Crippen LogP contribution in [-0.2, 0) is 21.3 Å². The minimum Gasteiger partial charge on any atom is -0.383 e. The summed E-state index contributed by atoms with van der Waals surface area (Å²) in [6, 6.07) is 2.50. The summed E-state index contributed by atoms with van der Waals surface area (Å²) in [5.74, 6) is -0.525. The van der Waals surface area contributed by atoms with Crippen molar-refractivity contribution in [3.8, 4) is 0 Å². The molecule has 0 fully saturated rings. The van der Waals surface area contributed by atoms with Crippen molar-refractivity contribution in [2.24, 2.45) is 0 Å². The van der Waals surface area contributed by atoms with Crippen LogP contribution in [0.2, 0.25) is 0 Å². The highest BCUT2D eigenvalue weighted by Crippen LogP contribution is 2.21. The molecule has 0 saturated carbocycles. The second kappa shape index (κ2) is 7.84. The Bertz CT molecular complexity index is 576. The lowest BCUT2D eigenvalue weighted by Gasteiger charge is -2.18. The average Bonchev–Trinajstić information content (AvgIpc) is 2.42. The number of sulfonamides is 1. The van der Waals surface area contributed by atoms with Crippen molar-refractivity contribution in [3.63, 3.8) is 0 Å². The molecule has 2 N–H and O–H groups in total. The number of halogens is 1. The number of nitrogens with one attached hydrogen (secondary N) is 2. The van der Waals surface area contributed by atoms with Gasteiger partial charge in [0.1, 0.15) is 5.82 Å². The third kappa shape index (κ3) is 4.74. The summed E-state index contributed by atoms with van der Waals surface area (Å²) in [6.45, 7) is 3.99. The van der Waals surface area contributed by atoms with Gasteiger partial charge in [-0.05, 0) is 38.1 Å². The second-order valence-electron chi connectivity index (χ2n) is 4.91. The molecule has 5 nitrogen and oxygen atoms in total. The second-order valence-corrected chi connectivity index (χ2v) is 6.60. The molecule has 0 spiro atoms. The lowest BCUT2D eigenvalue weighted by Crippen LogP contribution is -2.37. The number of methoxy groups -OCH3 is 1. The van der Waals surface area contributed by atoms with E-state index in [0.717, 1.165) is 0 Å². The van der Waals surface area contributed by atoms with Crippen LogP contribution in [0.5, 0.6) is 0 Å². The smallest absolute Gasteiger partial charge is 0.241 e. The molecule has 1 rings (SSSR count). The van der Waals surface area contributed by atoms with Crippen molar-refractivity contribution in [1.82, 2.24) is 10.0 Å². The van der Waals surface area contributed by atoms with E-state index in [9.17, 15) is 12.8 Å². The molecule has 21 heavy (non-hydrogen) atoms. The Morgan fingerprint density at radius 3 is 2.57 bits per heavy atom. The number of rotatable bonds is 8. The summed E-state index contributed by atoms with van der Waals surface area (Å²) >= 11 is 0. The van der Waals surface area contributed by atoms with Crippen LogP contribution in [0.3, 0.4) is 0 Å². The standard InChI is InChI=1S/C14H23FN2O3S/c1-5-12(9-20-4)17-21(18,19)14-7-11(8-16-3)6-13(15)10(14)2/h6-7,12,16-17H,5,8-9H2,1-4H3. The highest BCUT2D eigenvalue weighted by Gasteiger charge is 2.23. The Labute approximate surface area is 125 Å². The normalized spacial score (nSPS) is 13.4. The van der Waals surface area contributed by atoms with Gasteiger partial charge in [0.2, 0.25) is 10.0 Å². The monoisotopic (exact) mass is 318 g/mol. The lowest BCUT2D eigenvalue weighted by molar-refractivity contribution is 0.173. The van der Waals surface area contributed by atoms with Gasteiger partial charge in [-0.25, -0.2) is 17.5 Å². The van der Waals surface area contributed by atoms with E-state index in [4.69, 9.17) is 4.74 Å². The average molecular weight is 318 g/mol. The summed E-state index contributed by atoms with van der Waals surface area (Å²) in [5, 5.41) is 2.88. The Morgan fingerprint density at radius 2 is 2.05 bits per heavy atom. The summed E-state index contributed by atoms with van der Waals surface area (Å²) in [6.07, 6.45) is 0.588. The summed E-state index contributed by atoms with van der Waals surface area (Å²) in [5.41, 5.74) is 0.704. The van der Waals surface area contributed by atoms with Gasteiger partial charge >= 0.3 is 0 Å². The lowest BCUT2D eigenvalue weighted by atomic mass is 10.1. The zero-order valence-electron chi connectivity index (χ0n) is 12.9. The maximum Gasteiger partial charge on any atom is 0.241 e. The quantitative estimate of drug-likeness (QED) is 0.763. The van der Waals surface area contributed by atoms with Crippen LogP contribution >= 0.6 is 0 Å². The molecule has 0 saturated heterocycles. The van der Waals surface area contributed by atoms with Gasteiger partial charge in [0.05, 0.1) is 11.5 Å². The van der Waals surface area contributed by atoms with E-state index in [1.54, 1.807) is 7.05 Å². The largest absolute Gasteiger partial charge is 0.383 e. The molecule has 0 aliphatic carbocycles. The van der Waals surface area contributed by atoms with Crippen molar-refractivity contribution in [3.05, 3.63) is 29.1 Å². The zero-order chi connectivity index (χ0) is 16.0. The first-order valence-corrected chi connectivity index (χ1v) is 8.28. The van der Waals surface area contributed by atoms with E-state index in [1.165, 1.54) is 26.2 Å². The van der Waals surface area contributed by atoms with E-state index in [-0.39, 0.29) is 23.1 Å². The fourth-order valence-electron chi connectivity index (χ4n) is 2.01. The zero-order valence-corrected chi connectivity index (χ0v) is 13.7. The molecule has 0 aliphatic rings. The molecule has 1 aromatic rings. The van der Waals surface area contributed by atoms with E-state index >= 15 is 0 Å². The van der Waals surface area contributed by atoms with Crippen molar-refractivity contribution >= 4 is 10.0 Å². The van der Waals surface area contributed by atoms with Crippen LogP contribution in [0, 0.1) is 12.7 Å². The third-order valence-electron chi connectivity index (χ3n) is 3.21. The van der Waals surface area contributed by atoms with Gasteiger partial charge in [0.25, 0.3) is 0 Å². The molecular weight excluding hydrogens is 295 g/mol. The summed E-state index contributed by atoms with van der Waals surface area (Å²) in [7, 11) is -0.558. The van der Waals surface area contributed by atoms with Crippen LogP contribution in [-0.4, -0.2) is 35.2 Å². The first kappa shape index (κ1) is 18.0. The van der Waals surface area contributed by atoms with Gasteiger partial charge in [-0.2, -0.15) is 0 Å². The van der Waals surface area contributed by atoms with E-state index in [1.807, 2.05) is 6.92 Å². The van der Waals surface area contributed by atoms with Crippen LogP contribution < -0.4 is 10.0 Å². The number of ether oxygens (including phenoxy) is 1. The highest BCUT2D eigenvalue weighted by molar-refractivity contribution is 7.89. The molecule has 0 aliphatic heterocycles.